The largest absolute Gasteiger partial charge is 0.495 e. The van der Waals surface area contributed by atoms with Crippen LogP contribution in [-0.2, 0) is 4.74 Å². The average Bonchev–Trinajstić information content (AvgIpc) is 3.20. The van der Waals surface area contributed by atoms with E-state index in [2.05, 4.69) is 21.2 Å². The number of morpholine rings is 1. The van der Waals surface area contributed by atoms with Crippen molar-refractivity contribution in [3.05, 3.63) is 24.3 Å². The van der Waals surface area contributed by atoms with Gasteiger partial charge in [0.25, 0.3) is 0 Å². The van der Waals surface area contributed by atoms with Gasteiger partial charge < -0.3 is 24.6 Å². The zero-order valence-corrected chi connectivity index (χ0v) is 16.1. The molecule has 4 rings (SSSR count). The summed E-state index contributed by atoms with van der Waals surface area (Å²) in [5.74, 6) is 0.880. The molecule has 1 N–H and O–H groups in total. The highest BCUT2D eigenvalue weighted by atomic mass is 16.5. The van der Waals surface area contributed by atoms with Gasteiger partial charge in [0, 0.05) is 45.3 Å². The highest BCUT2D eigenvalue weighted by molar-refractivity contribution is 5.74. The lowest BCUT2D eigenvalue weighted by atomic mass is 10.2. The van der Waals surface area contributed by atoms with Crippen LogP contribution >= 0.6 is 0 Å². The molecule has 2 unspecified atom stereocenters. The maximum atomic E-state index is 12.5. The summed E-state index contributed by atoms with van der Waals surface area (Å²) in [5, 5.41) is 3.07. The normalized spacial score (nSPS) is 26.0. The summed E-state index contributed by atoms with van der Waals surface area (Å²) in [6.45, 7) is 6.54. The molecule has 0 radical (unpaired) electrons. The van der Waals surface area contributed by atoms with Gasteiger partial charge in [0.15, 0.2) is 0 Å². The number of para-hydroxylation sites is 2. The summed E-state index contributed by atoms with van der Waals surface area (Å²) >= 11 is 0. The van der Waals surface area contributed by atoms with E-state index in [-0.39, 0.29) is 12.1 Å². The molecule has 0 aliphatic carbocycles. The number of amides is 2. The Morgan fingerprint density at radius 1 is 1.22 bits per heavy atom. The fraction of sp³-hybridized carbons (Fsp3) is 0.650. The number of ether oxygens (including phenoxy) is 2. The van der Waals surface area contributed by atoms with Gasteiger partial charge in [-0.3, -0.25) is 4.90 Å². The summed E-state index contributed by atoms with van der Waals surface area (Å²) in [7, 11) is 1.69. The molecule has 3 heterocycles. The van der Waals surface area contributed by atoms with Crippen molar-refractivity contribution in [2.45, 2.75) is 25.0 Å². The highest BCUT2D eigenvalue weighted by Gasteiger charge is 2.32. The molecule has 3 aliphatic heterocycles. The zero-order chi connectivity index (χ0) is 18.6. The predicted molar refractivity (Wildman–Crippen MR) is 105 cm³/mol. The van der Waals surface area contributed by atoms with Crippen molar-refractivity contribution in [2.24, 2.45) is 0 Å². The molecular weight excluding hydrogens is 344 g/mol. The standard InChI is InChI=1S/C20H30N4O3/c1-26-19-7-3-2-6-18(19)22-9-11-23(12-10-22)20(25)21-13-17-14-24-8-4-5-16(24)15-27-17/h2-3,6-7,16-17H,4-5,8-15H2,1H3,(H,21,25). The Hall–Kier alpha value is -1.99. The average molecular weight is 374 g/mol. The molecule has 3 fully saturated rings. The van der Waals surface area contributed by atoms with E-state index < -0.39 is 0 Å². The molecular formula is C20H30N4O3. The number of carbonyl (C=O) groups is 1. The smallest absolute Gasteiger partial charge is 0.317 e. The SMILES string of the molecule is COc1ccccc1N1CCN(C(=O)NCC2CN3CCCC3CO2)CC1. The van der Waals surface area contributed by atoms with Crippen LogP contribution in [0.25, 0.3) is 0 Å². The van der Waals surface area contributed by atoms with Gasteiger partial charge in [-0.15, -0.1) is 0 Å². The van der Waals surface area contributed by atoms with E-state index in [1.54, 1.807) is 7.11 Å². The summed E-state index contributed by atoms with van der Waals surface area (Å²) in [4.78, 5) is 19.2. The second-order valence-corrected chi connectivity index (χ2v) is 7.58. The number of hydrogen-bond donors (Lipinski definition) is 1. The maximum Gasteiger partial charge on any atom is 0.317 e. The molecule has 3 saturated heterocycles. The lowest BCUT2D eigenvalue weighted by Gasteiger charge is -2.38. The van der Waals surface area contributed by atoms with Gasteiger partial charge in [0.2, 0.25) is 0 Å². The number of fused-ring (bicyclic) bond motifs is 1. The first kappa shape index (κ1) is 18.4. The molecule has 7 heteroatoms. The number of nitrogens with zero attached hydrogens (tertiary/aromatic N) is 3. The van der Waals surface area contributed by atoms with Gasteiger partial charge >= 0.3 is 6.03 Å². The summed E-state index contributed by atoms with van der Waals surface area (Å²) in [6, 6.07) is 8.65. The first-order chi connectivity index (χ1) is 13.2. The second kappa shape index (κ2) is 8.35. The van der Waals surface area contributed by atoms with Crippen LogP contribution in [0.3, 0.4) is 0 Å². The van der Waals surface area contributed by atoms with Crippen LogP contribution < -0.4 is 15.0 Å². The minimum Gasteiger partial charge on any atom is -0.495 e. The van der Waals surface area contributed by atoms with Gasteiger partial charge in [0.1, 0.15) is 5.75 Å². The zero-order valence-electron chi connectivity index (χ0n) is 16.1. The van der Waals surface area contributed by atoms with Crippen molar-refractivity contribution in [1.82, 2.24) is 15.1 Å². The van der Waals surface area contributed by atoms with Crippen molar-refractivity contribution in [3.63, 3.8) is 0 Å². The van der Waals surface area contributed by atoms with Crippen molar-refractivity contribution in [2.75, 3.05) is 64.4 Å². The topological polar surface area (TPSA) is 57.3 Å². The fourth-order valence-corrected chi connectivity index (χ4v) is 4.36. The minimum absolute atomic E-state index is 0.0156. The number of anilines is 1. The minimum atomic E-state index is 0.0156. The molecule has 0 bridgehead atoms. The number of carbonyl (C=O) groups excluding carboxylic acids is 1. The molecule has 0 saturated carbocycles. The quantitative estimate of drug-likeness (QED) is 0.863. The van der Waals surface area contributed by atoms with Gasteiger partial charge in [-0.05, 0) is 31.5 Å². The van der Waals surface area contributed by atoms with Crippen molar-refractivity contribution in [3.8, 4) is 5.75 Å². The summed E-state index contributed by atoms with van der Waals surface area (Å²) in [5.41, 5.74) is 1.09. The van der Waals surface area contributed by atoms with Gasteiger partial charge in [-0.1, -0.05) is 12.1 Å². The van der Waals surface area contributed by atoms with Crippen LogP contribution in [0.5, 0.6) is 5.75 Å². The molecule has 2 amide bonds. The molecule has 2 atom stereocenters. The molecule has 1 aromatic carbocycles. The number of rotatable bonds is 4. The number of piperazine rings is 1. The number of benzene rings is 1. The van der Waals surface area contributed by atoms with Crippen LogP contribution in [0.1, 0.15) is 12.8 Å². The molecule has 3 aliphatic rings. The van der Waals surface area contributed by atoms with E-state index in [4.69, 9.17) is 9.47 Å². The lowest BCUT2D eigenvalue weighted by molar-refractivity contribution is -0.0461. The monoisotopic (exact) mass is 374 g/mol. The molecule has 148 valence electrons. The van der Waals surface area contributed by atoms with E-state index >= 15 is 0 Å². The highest BCUT2D eigenvalue weighted by Crippen LogP contribution is 2.28. The molecule has 1 aromatic rings. The van der Waals surface area contributed by atoms with E-state index in [1.165, 1.54) is 19.4 Å². The Morgan fingerprint density at radius 2 is 2.04 bits per heavy atom. The first-order valence-electron chi connectivity index (χ1n) is 10.0. The lowest BCUT2D eigenvalue weighted by Crippen LogP contribution is -2.55. The number of hydrogen-bond acceptors (Lipinski definition) is 5. The Morgan fingerprint density at radius 3 is 2.85 bits per heavy atom. The molecule has 0 spiro atoms. The molecule has 7 nitrogen and oxygen atoms in total. The van der Waals surface area contributed by atoms with Crippen molar-refractivity contribution in [1.29, 1.82) is 0 Å². The van der Waals surface area contributed by atoms with Crippen molar-refractivity contribution < 1.29 is 14.3 Å². The number of urea groups is 1. The third-order valence-electron chi connectivity index (χ3n) is 5.94. The number of nitrogens with one attached hydrogen (secondary N) is 1. The summed E-state index contributed by atoms with van der Waals surface area (Å²) in [6.07, 6.45) is 2.62. The van der Waals surface area contributed by atoms with Gasteiger partial charge in [-0.25, -0.2) is 4.79 Å². The Balaban J connectivity index is 1.23. The van der Waals surface area contributed by atoms with Crippen LogP contribution in [0.15, 0.2) is 24.3 Å². The van der Waals surface area contributed by atoms with Crippen LogP contribution in [0.4, 0.5) is 10.5 Å². The van der Waals surface area contributed by atoms with E-state index in [9.17, 15) is 4.79 Å². The second-order valence-electron chi connectivity index (χ2n) is 7.58. The van der Waals surface area contributed by atoms with Crippen LogP contribution in [0, 0.1) is 0 Å². The molecule has 0 aromatic heterocycles. The van der Waals surface area contributed by atoms with E-state index in [0.717, 1.165) is 37.7 Å². The first-order valence-corrected chi connectivity index (χ1v) is 10.0. The number of methoxy groups -OCH3 is 1. The third-order valence-corrected chi connectivity index (χ3v) is 5.94. The van der Waals surface area contributed by atoms with Gasteiger partial charge in [-0.2, -0.15) is 0 Å². The molecule has 27 heavy (non-hydrogen) atoms. The maximum absolute atomic E-state index is 12.5. The predicted octanol–water partition coefficient (Wildman–Crippen LogP) is 1.39. The third kappa shape index (κ3) is 4.14. The fourth-order valence-electron chi connectivity index (χ4n) is 4.36. The van der Waals surface area contributed by atoms with Crippen LogP contribution in [0.2, 0.25) is 0 Å². The van der Waals surface area contributed by atoms with Crippen molar-refractivity contribution >= 4 is 11.7 Å². The Labute approximate surface area is 161 Å². The van der Waals surface area contributed by atoms with Gasteiger partial charge in [0.05, 0.1) is 25.5 Å². The summed E-state index contributed by atoms with van der Waals surface area (Å²) < 4.78 is 11.4. The Kier molecular flexibility index (Phi) is 5.69. The van der Waals surface area contributed by atoms with E-state index in [1.807, 2.05) is 23.1 Å². The van der Waals surface area contributed by atoms with Crippen LogP contribution in [-0.4, -0.2) is 87.5 Å². The Bertz CT molecular complexity index is 648. The van der Waals surface area contributed by atoms with E-state index in [0.29, 0.717) is 25.7 Å².